The van der Waals surface area contributed by atoms with E-state index in [2.05, 4.69) is 0 Å². The third kappa shape index (κ3) is 1.40. The quantitative estimate of drug-likeness (QED) is 0.510. The van der Waals surface area contributed by atoms with Crippen LogP contribution >= 0.6 is 0 Å². The monoisotopic (exact) mass is 272 g/mol. The van der Waals surface area contributed by atoms with Crippen LogP contribution in [0, 0.1) is 36.3 Å². The summed E-state index contributed by atoms with van der Waals surface area (Å²) in [5.41, 5.74) is -2.78. The first-order chi connectivity index (χ1) is 8.80. The van der Waals surface area contributed by atoms with Gasteiger partial charge >= 0.3 is 0 Å². The van der Waals surface area contributed by atoms with Gasteiger partial charge in [-0.3, -0.25) is 30.3 Å². The molecule has 0 N–H and O–H groups in total. The zero-order valence-corrected chi connectivity index (χ0v) is 9.93. The van der Waals surface area contributed by atoms with E-state index in [0.717, 1.165) is 0 Å². The second-order valence-electron chi connectivity index (χ2n) is 5.91. The Morgan fingerprint density at radius 3 is 1.74 bits per heavy atom. The smallest absolute Gasteiger partial charge is 0.264 e. The van der Waals surface area contributed by atoms with Crippen molar-refractivity contribution in [1.82, 2.24) is 4.90 Å². The summed E-state index contributed by atoms with van der Waals surface area (Å²) in [6, 6.07) is 0. The first kappa shape index (κ1) is 12.2. The van der Waals surface area contributed by atoms with E-state index in [0.29, 0.717) is 0 Å². The van der Waals surface area contributed by atoms with Crippen LogP contribution in [0.2, 0.25) is 0 Å². The SMILES string of the molecule is O=[N+]([O-])C1C2CC3([N+](=O)[O-])CN1CC([N+](=O)[O-])(C2)C3. The zero-order chi connectivity index (χ0) is 14.0. The standard InChI is InChI=1S/C9H12N4O6/c14-11(15)7-6-1-8(12(16)17)3-9(2-6,13(18)19)5-10(7)4-8/h6-7H,1-5H2. The molecule has 3 heterocycles. The van der Waals surface area contributed by atoms with Crippen LogP contribution in [0.1, 0.15) is 19.3 Å². The normalized spacial score (nSPS) is 47.1. The highest BCUT2D eigenvalue weighted by molar-refractivity contribution is 5.11. The second-order valence-corrected chi connectivity index (χ2v) is 5.91. The van der Waals surface area contributed by atoms with Gasteiger partial charge in [0.2, 0.25) is 11.1 Å². The maximum atomic E-state index is 11.3. The Balaban J connectivity index is 2.05. The second kappa shape index (κ2) is 3.38. The fourth-order valence-corrected chi connectivity index (χ4v) is 4.25. The van der Waals surface area contributed by atoms with Crippen molar-refractivity contribution in [1.29, 1.82) is 0 Å². The summed E-state index contributed by atoms with van der Waals surface area (Å²) < 4.78 is 0. The van der Waals surface area contributed by atoms with Gasteiger partial charge in [0.05, 0.1) is 25.4 Å². The molecule has 0 aromatic carbocycles. The molecule has 0 aromatic rings. The Hall–Kier alpha value is -1.84. The van der Waals surface area contributed by atoms with Gasteiger partial charge in [-0.05, 0) is 0 Å². The Bertz CT molecular complexity index is 445. The first-order valence-electron chi connectivity index (χ1n) is 5.96. The van der Waals surface area contributed by atoms with E-state index in [9.17, 15) is 30.3 Å². The van der Waals surface area contributed by atoms with E-state index in [-0.39, 0.29) is 32.4 Å². The lowest BCUT2D eigenvalue weighted by molar-refractivity contribution is -0.672. The van der Waals surface area contributed by atoms with Crippen molar-refractivity contribution in [3.8, 4) is 0 Å². The molecule has 3 unspecified atom stereocenters. The number of hydrogen-bond acceptors (Lipinski definition) is 7. The van der Waals surface area contributed by atoms with Crippen LogP contribution in [0.25, 0.3) is 0 Å². The summed E-state index contributed by atoms with van der Waals surface area (Å²) in [7, 11) is 0. The number of piperidine rings is 3. The average molecular weight is 272 g/mol. The Kier molecular flexibility index (Phi) is 2.17. The van der Waals surface area contributed by atoms with Gasteiger partial charge in [-0.15, -0.1) is 0 Å². The average Bonchev–Trinajstić information content (AvgIpc) is 2.26. The van der Waals surface area contributed by atoms with E-state index in [1.165, 1.54) is 4.90 Å². The predicted molar refractivity (Wildman–Crippen MR) is 59.1 cm³/mol. The van der Waals surface area contributed by atoms with Crippen molar-refractivity contribution in [3.63, 3.8) is 0 Å². The van der Waals surface area contributed by atoms with Crippen molar-refractivity contribution in [2.45, 2.75) is 36.5 Å². The van der Waals surface area contributed by atoms with E-state index in [4.69, 9.17) is 0 Å². The fraction of sp³-hybridized carbons (Fsp3) is 1.00. The molecule has 10 nitrogen and oxygen atoms in total. The molecule has 104 valence electrons. The van der Waals surface area contributed by atoms with Gasteiger partial charge in [0, 0.05) is 27.6 Å². The molecule has 0 amide bonds. The molecule has 3 atom stereocenters. The number of nitro groups is 3. The van der Waals surface area contributed by atoms with E-state index in [1.807, 2.05) is 0 Å². The number of rotatable bonds is 3. The molecule has 10 heteroatoms. The largest absolute Gasteiger partial charge is 0.272 e. The lowest BCUT2D eigenvalue weighted by Crippen LogP contribution is -2.77. The van der Waals surface area contributed by atoms with Crippen LogP contribution in [0.15, 0.2) is 0 Å². The summed E-state index contributed by atoms with van der Waals surface area (Å²) >= 11 is 0. The summed E-state index contributed by atoms with van der Waals surface area (Å²) in [6.07, 6.45) is -0.992. The molecular formula is C9H12N4O6. The highest BCUT2D eigenvalue weighted by atomic mass is 16.6. The van der Waals surface area contributed by atoms with Crippen LogP contribution in [-0.4, -0.2) is 50.0 Å². The van der Waals surface area contributed by atoms with Crippen molar-refractivity contribution in [2.24, 2.45) is 5.92 Å². The van der Waals surface area contributed by atoms with E-state index >= 15 is 0 Å². The molecule has 0 aromatic heterocycles. The predicted octanol–water partition coefficient (Wildman–Crippen LogP) is -0.251. The molecule has 4 aliphatic rings. The van der Waals surface area contributed by atoms with Crippen LogP contribution in [-0.2, 0) is 0 Å². The lowest BCUT2D eigenvalue weighted by atomic mass is 9.59. The highest BCUT2D eigenvalue weighted by Crippen LogP contribution is 2.53. The van der Waals surface area contributed by atoms with Gasteiger partial charge in [-0.2, -0.15) is 0 Å². The van der Waals surface area contributed by atoms with Crippen LogP contribution < -0.4 is 0 Å². The van der Waals surface area contributed by atoms with Crippen LogP contribution in [0.5, 0.6) is 0 Å². The summed E-state index contributed by atoms with van der Waals surface area (Å²) in [6.45, 7) is -0.116. The van der Waals surface area contributed by atoms with Gasteiger partial charge in [-0.25, -0.2) is 4.90 Å². The summed E-state index contributed by atoms with van der Waals surface area (Å²) in [5, 5.41) is 33.6. The number of hydrogen-bond donors (Lipinski definition) is 0. The van der Waals surface area contributed by atoms with E-state index < -0.39 is 37.9 Å². The molecule has 19 heavy (non-hydrogen) atoms. The van der Waals surface area contributed by atoms with Crippen molar-refractivity contribution >= 4 is 0 Å². The van der Waals surface area contributed by atoms with Crippen molar-refractivity contribution < 1.29 is 14.8 Å². The van der Waals surface area contributed by atoms with Gasteiger partial charge in [-0.1, -0.05) is 0 Å². The summed E-state index contributed by atoms with van der Waals surface area (Å²) in [4.78, 5) is 33.5. The highest BCUT2D eigenvalue weighted by Gasteiger charge is 2.74. The first-order valence-corrected chi connectivity index (χ1v) is 5.96. The minimum absolute atomic E-state index is 0.0578. The molecule has 0 radical (unpaired) electrons. The molecular weight excluding hydrogens is 260 g/mol. The summed E-state index contributed by atoms with van der Waals surface area (Å²) in [5.74, 6) is -0.609. The molecule has 4 rings (SSSR count). The topological polar surface area (TPSA) is 133 Å². The Morgan fingerprint density at radius 2 is 1.42 bits per heavy atom. The van der Waals surface area contributed by atoms with Gasteiger partial charge in [0.25, 0.3) is 6.17 Å². The fourth-order valence-electron chi connectivity index (χ4n) is 4.25. The lowest BCUT2D eigenvalue weighted by Gasteiger charge is -2.54. The molecule has 4 fully saturated rings. The maximum absolute atomic E-state index is 11.3. The number of nitrogens with zero attached hydrogens (tertiary/aromatic N) is 4. The minimum atomic E-state index is -1.39. The molecule has 3 aliphatic heterocycles. The molecule has 1 aliphatic carbocycles. The van der Waals surface area contributed by atoms with Crippen LogP contribution in [0.3, 0.4) is 0 Å². The molecule has 4 bridgehead atoms. The molecule has 0 spiro atoms. The van der Waals surface area contributed by atoms with Crippen molar-refractivity contribution in [3.05, 3.63) is 30.3 Å². The van der Waals surface area contributed by atoms with Gasteiger partial charge < -0.3 is 0 Å². The maximum Gasteiger partial charge on any atom is 0.272 e. The Labute approximate surface area is 106 Å². The van der Waals surface area contributed by atoms with Gasteiger partial charge in [0.1, 0.15) is 0 Å². The Morgan fingerprint density at radius 1 is 0.947 bits per heavy atom. The third-order valence-corrected chi connectivity index (χ3v) is 4.72. The van der Waals surface area contributed by atoms with Crippen LogP contribution in [0.4, 0.5) is 0 Å². The zero-order valence-electron chi connectivity index (χ0n) is 9.93. The third-order valence-electron chi connectivity index (χ3n) is 4.72. The molecule has 3 saturated heterocycles. The van der Waals surface area contributed by atoms with E-state index in [1.54, 1.807) is 0 Å². The molecule has 1 saturated carbocycles. The minimum Gasteiger partial charge on any atom is -0.264 e. The van der Waals surface area contributed by atoms with Crippen molar-refractivity contribution in [2.75, 3.05) is 13.1 Å². The van der Waals surface area contributed by atoms with Gasteiger partial charge in [0.15, 0.2) is 0 Å².